The minimum Gasteiger partial charge on any atom is -0.482 e. The summed E-state index contributed by atoms with van der Waals surface area (Å²) in [5.74, 6) is 0.395. The van der Waals surface area contributed by atoms with Crippen molar-refractivity contribution in [1.29, 1.82) is 0 Å². The SMILES string of the molecule is COc1cc(C(=O)N2[C@H]3CC[C@@H]2[C@H](N)C3)cc2nc(-c3cc4ccc5nc4n3CCCCCn3nccc3C(=O)N[C@@H]5C)c(C)n12. The van der Waals surface area contributed by atoms with Gasteiger partial charge in [0.15, 0.2) is 5.88 Å². The van der Waals surface area contributed by atoms with E-state index in [-0.39, 0.29) is 36.0 Å². The number of nitrogens with zero attached hydrogens (tertiary/aromatic N) is 7. The molecule has 2 amide bonds. The van der Waals surface area contributed by atoms with E-state index >= 15 is 0 Å². The van der Waals surface area contributed by atoms with Crippen LogP contribution in [0.2, 0.25) is 0 Å². The zero-order valence-electron chi connectivity index (χ0n) is 26.4. The first-order chi connectivity index (χ1) is 22.3. The molecule has 3 N–H and O–H groups in total. The van der Waals surface area contributed by atoms with Crippen LogP contribution in [0.25, 0.3) is 28.1 Å². The topological polar surface area (TPSA) is 138 Å². The minimum absolute atomic E-state index is 0.00843. The van der Waals surface area contributed by atoms with Gasteiger partial charge in [0.2, 0.25) is 0 Å². The molecule has 0 aromatic carbocycles. The molecule has 0 saturated carbocycles. The van der Waals surface area contributed by atoms with Crippen molar-refractivity contribution < 1.29 is 14.3 Å². The van der Waals surface area contributed by atoms with Crippen molar-refractivity contribution in [2.45, 2.75) is 89.6 Å². The zero-order chi connectivity index (χ0) is 31.7. The standard InChI is InChI=1S/C34H39N9O3/c1-19-25-9-7-21-15-28(40(32(21)38-25)13-5-4-6-14-41-27(11-12-36-41)33(44)37-19)31-20(2)42-29(39-31)16-22(17-30(42)46-3)34(45)43-23-8-10-26(43)24(35)18-23/h7,9,11-12,15-17,19,23-24,26H,4-6,8,10,13-14,18,35H2,1-3H3,(H,37,44)/t19-,23+,24-,26-/m1/s1. The summed E-state index contributed by atoms with van der Waals surface area (Å²) in [6.07, 6.45) is 7.28. The molecule has 46 heavy (non-hydrogen) atoms. The summed E-state index contributed by atoms with van der Waals surface area (Å²) in [6, 6.07) is 11.7. The third-order valence-electron chi connectivity index (χ3n) is 10.2. The number of hydrogen-bond acceptors (Lipinski definition) is 7. The summed E-state index contributed by atoms with van der Waals surface area (Å²) in [4.78, 5) is 39.1. The first kappa shape index (κ1) is 28.7. The number of fused-ring (bicyclic) bond motifs is 5. The molecule has 12 nitrogen and oxygen atoms in total. The lowest BCUT2D eigenvalue weighted by Gasteiger charge is -2.23. The first-order valence-electron chi connectivity index (χ1n) is 16.3. The molecule has 5 aromatic rings. The fourth-order valence-electron chi connectivity index (χ4n) is 7.86. The molecule has 8 rings (SSSR count). The largest absolute Gasteiger partial charge is 0.482 e. The summed E-state index contributed by atoms with van der Waals surface area (Å²) in [7, 11) is 1.63. The lowest BCUT2D eigenvalue weighted by Crippen LogP contribution is -2.40. The van der Waals surface area contributed by atoms with E-state index in [0.29, 0.717) is 29.3 Å². The molecule has 0 aliphatic carbocycles. The Balaban J connectivity index is 1.20. The fraction of sp³-hybridized carbons (Fsp3) is 0.441. The average molecular weight is 622 g/mol. The number of imidazole rings is 1. The van der Waals surface area contributed by atoms with Crippen molar-refractivity contribution in [3.05, 3.63) is 65.2 Å². The van der Waals surface area contributed by atoms with Crippen LogP contribution in [0.5, 0.6) is 5.88 Å². The average Bonchev–Trinajstić information content (AvgIpc) is 3.87. The van der Waals surface area contributed by atoms with E-state index in [2.05, 4.69) is 27.1 Å². The third-order valence-corrected chi connectivity index (χ3v) is 10.2. The highest BCUT2D eigenvalue weighted by molar-refractivity contribution is 5.97. The number of rotatable bonds is 3. The number of amides is 2. The number of nitrogens with two attached hydrogens (primary N) is 1. The second kappa shape index (κ2) is 11.0. The van der Waals surface area contributed by atoms with Gasteiger partial charge in [-0.2, -0.15) is 5.10 Å². The summed E-state index contributed by atoms with van der Waals surface area (Å²) in [5, 5.41) is 8.49. The van der Waals surface area contributed by atoms with Gasteiger partial charge in [-0.05, 0) is 82.7 Å². The van der Waals surface area contributed by atoms with Crippen molar-refractivity contribution in [2.24, 2.45) is 5.73 Å². The van der Waals surface area contributed by atoms with Gasteiger partial charge in [0.05, 0.1) is 30.2 Å². The van der Waals surface area contributed by atoms with Crippen LogP contribution in [0.3, 0.4) is 0 Å². The normalized spacial score (nSPS) is 23.2. The highest BCUT2D eigenvalue weighted by atomic mass is 16.5. The molecule has 0 unspecified atom stereocenters. The van der Waals surface area contributed by atoms with Crippen LogP contribution < -0.4 is 15.8 Å². The number of carbonyl (C=O) groups is 2. The Labute approximate surface area is 266 Å². The van der Waals surface area contributed by atoms with Crippen molar-refractivity contribution in [3.8, 4) is 17.3 Å². The number of hydrogen-bond donors (Lipinski definition) is 2. The molecule has 4 atom stereocenters. The Bertz CT molecular complexity index is 2010. The van der Waals surface area contributed by atoms with E-state index in [1.807, 2.05) is 41.3 Å². The van der Waals surface area contributed by atoms with E-state index in [9.17, 15) is 9.59 Å². The van der Waals surface area contributed by atoms with Crippen LogP contribution >= 0.6 is 0 Å². The summed E-state index contributed by atoms with van der Waals surface area (Å²) >= 11 is 0. The third kappa shape index (κ3) is 4.49. The number of methoxy groups -OCH3 is 1. The van der Waals surface area contributed by atoms with Crippen molar-refractivity contribution in [2.75, 3.05) is 7.11 Å². The number of nitrogens with one attached hydrogen (secondary N) is 1. The number of carbonyl (C=O) groups excluding carboxylic acids is 2. The molecular formula is C34H39N9O3. The lowest BCUT2D eigenvalue weighted by molar-refractivity contribution is 0.0725. The number of ether oxygens (including phenoxy) is 1. The van der Waals surface area contributed by atoms with Gasteiger partial charge in [-0.25, -0.2) is 9.97 Å². The molecule has 4 bridgehead atoms. The molecule has 0 spiro atoms. The van der Waals surface area contributed by atoms with Crippen LogP contribution in [0.4, 0.5) is 0 Å². The number of aromatic nitrogens is 6. The van der Waals surface area contributed by atoms with Crippen molar-refractivity contribution in [3.63, 3.8) is 0 Å². The number of pyridine rings is 2. The Morgan fingerprint density at radius 3 is 2.67 bits per heavy atom. The van der Waals surface area contributed by atoms with Gasteiger partial charge in [0, 0.05) is 54.4 Å². The van der Waals surface area contributed by atoms with Crippen LogP contribution in [-0.4, -0.2) is 70.7 Å². The second-order valence-electron chi connectivity index (χ2n) is 13.0. The smallest absolute Gasteiger partial charge is 0.270 e. The predicted octanol–water partition coefficient (Wildman–Crippen LogP) is 4.24. The molecular weight excluding hydrogens is 582 g/mol. The van der Waals surface area contributed by atoms with Gasteiger partial charge in [-0.1, -0.05) is 0 Å². The maximum Gasteiger partial charge on any atom is 0.270 e. The lowest BCUT2D eigenvalue weighted by atomic mass is 9.97. The Morgan fingerprint density at radius 1 is 1.04 bits per heavy atom. The molecule has 2 fully saturated rings. The van der Waals surface area contributed by atoms with Gasteiger partial charge >= 0.3 is 0 Å². The highest BCUT2D eigenvalue weighted by Crippen LogP contribution is 2.39. The van der Waals surface area contributed by atoms with Gasteiger partial charge < -0.3 is 25.3 Å². The van der Waals surface area contributed by atoms with Crippen LogP contribution in [-0.2, 0) is 13.1 Å². The molecule has 0 radical (unpaired) electrons. The second-order valence-corrected chi connectivity index (χ2v) is 13.0. The van der Waals surface area contributed by atoms with Crippen molar-refractivity contribution in [1.82, 2.24) is 38.9 Å². The zero-order valence-corrected chi connectivity index (χ0v) is 26.4. The predicted molar refractivity (Wildman–Crippen MR) is 173 cm³/mol. The fourth-order valence-corrected chi connectivity index (χ4v) is 7.86. The van der Waals surface area contributed by atoms with Crippen LogP contribution in [0, 0.1) is 6.92 Å². The van der Waals surface area contributed by atoms with E-state index in [1.165, 1.54) is 0 Å². The molecule has 8 heterocycles. The van der Waals surface area contributed by atoms with E-state index in [4.69, 9.17) is 20.4 Å². The maximum absolute atomic E-state index is 13.8. The Kier molecular flexibility index (Phi) is 6.86. The molecule has 3 aliphatic heterocycles. The molecule has 5 aromatic heterocycles. The highest BCUT2D eigenvalue weighted by Gasteiger charge is 2.47. The van der Waals surface area contributed by atoms with Crippen molar-refractivity contribution >= 4 is 28.5 Å². The number of aryl methyl sites for hydroxylation is 3. The maximum atomic E-state index is 13.8. The minimum atomic E-state index is -0.299. The molecule has 12 heteroatoms. The van der Waals surface area contributed by atoms with Gasteiger partial charge in [-0.3, -0.25) is 18.7 Å². The van der Waals surface area contributed by atoms with Gasteiger partial charge in [0.25, 0.3) is 11.8 Å². The van der Waals surface area contributed by atoms with Gasteiger partial charge in [0.1, 0.15) is 22.7 Å². The summed E-state index contributed by atoms with van der Waals surface area (Å²) in [6.45, 7) is 5.42. The van der Waals surface area contributed by atoms with Gasteiger partial charge in [-0.15, -0.1) is 0 Å². The summed E-state index contributed by atoms with van der Waals surface area (Å²) in [5.41, 5.74) is 12.5. The Hall–Kier alpha value is -4.71. The van der Waals surface area contributed by atoms with E-state index in [0.717, 1.165) is 78.9 Å². The molecule has 238 valence electrons. The van der Waals surface area contributed by atoms with Crippen LogP contribution in [0.1, 0.15) is 83.7 Å². The quantitative estimate of drug-likeness (QED) is 0.307. The van der Waals surface area contributed by atoms with Crippen LogP contribution in [0.15, 0.2) is 42.6 Å². The monoisotopic (exact) mass is 621 g/mol. The summed E-state index contributed by atoms with van der Waals surface area (Å²) < 4.78 is 11.9. The first-order valence-corrected chi connectivity index (χ1v) is 16.3. The molecule has 2 saturated heterocycles. The van der Waals surface area contributed by atoms with E-state index in [1.54, 1.807) is 24.1 Å². The Morgan fingerprint density at radius 2 is 1.89 bits per heavy atom. The van der Waals surface area contributed by atoms with E-state index < -0.39 is 0 Å². The molecule has 3 aliphatic rings.